The van der Waals surface area contributed by atoms with Crippen LogP contribution in [-0.2, 0) is 11.2 Å². The molecule has 0 spiro atoms. The van der Waals surface area contributed by atoms with Crippen LogP contribution in [0.1, 0.15) is 25.0 Å². The Bertz CT molecular complexity index is 511. The number of thioether (sulfide) groups is 1. The van der Waals surface area contributed by atoms with E-state index in [0.29, 0.717) is 6.42 Å². The summed E-state index contributed by atoms with van der Waals surface area (Å²) >= 11 is 1.51. The zero-order valence-electron chi connectivity index (χ0n) is 10.7. The summed E-state index contributed by atoms with van der Waals surface area (Å²) in [5.74, 6) is -0.0256. The van der Waals surface area contributed by atoms with E-state index in [2.05, 4.69) is 4.99 Å². The summed E-state index contributed by atoms with van der Waals surface area (Å²) in [6, 6.07) is 4.72. The third-order valence-electron chi connectivity index (χ3n) is 3.00. The van der Waals surface area contributed by atoms with Gasteiger partial charge in [-0.1, -0.05) is 31.7 Å². The minimum Gasteiger partial charge on any atom is -0.271 e. The Balaban J connectivity index is 2.14. The minimum atomic E-state index is -0.245. The Hall–Kier alpha value is -1.16. The average molecular weight is 265 g/mol. The van der Waals surface area contributed by atoms with E-state index in [-0.39, 0.29) is 22.9 Å². The average Bonchev–Trinajstić information content (AvgIpc) is 2.65. The summed E-state index contributed by atoms with van der Waals surface area (Å²) in [4.78, 5) is 15.8. The first kappa shape index (κ1) is 13.3. The van der Waals surface area contributed by atoms with Gasteiger partial charge in [-0.25, -0.2) is 9.38 Å². The number of amides is 1. The monoisotopic (exact) mass is 265 g/mol. The maximum absolute atomic E-state index is 13.2. The summed E-state index contributed by atoms with van der Waals surface area (Å²) in [6.07, 6.45) is 0.545. The van der Waals surface area contributed by atoms with Gasteiger partial charge in [-0.2, -0.15) is 0 Å². The van der Waals surface area contributed by atoms with Crippen molar-refractivity contribution in [3.05, 3.63) is 35.1 Å². The van der Waals surface area contributed by atoms with Gasteiger partial charge < -0.3 is 0 Å². The van der Waals surface area contributed by atoms with Crippen molar-refractivity contribution in [1.82, 2.24) is 0 Å². The van der Waals surface area contributed by atoms with Crippen LogP contribution in [0.15, 0.2) is 23.2 Å². The van der Waals surface area contributed by atoms with Crippen LogP contribution >= 0.6 is 11.8 Å². The Kier molecular flexibility index (Phi) is 3.85. The van der Waals surface area contributed by atoms with Crippen molar-refractivity contribution in [1.29, 1.82) is 0 Å². The zero-order valence-corrected chi connectivity index (χ0v) is 11.6. The molecular formula is C14H16FNOS. The predicted octanol–water partition coefficient (Wildman–Crippen LogP) is 3.37. The summed E-state index contributed by atoms with van der Waals surface area (Å²) in [5.41, 5.74) is 1.93. The van der Waals surface area contributed by atoms with Crippen LogP contribution < -0.4 is 0 Å². The number of nitrogens with zero attached hydrogens (tertiary/aromatic N) is 1. The number of carbonyl (C=O) groups excluding carboxylic acids is 1. The summed E-state index contributed by atoms with van der Waals surface area (Å²) in [6.45, 7) is 5.97. The van der Waals surface area contributed by atoms with Crippen molar-refractivity contribution in [2.75, 3.05) is 0 Å². The highest BCUT2D eigenvalue weighted by Gasteiger charge is 2.30. The molecule has 0 saturated heterocycles. The van der Waals surface area contributed by atoms with Gasteiger partial charge in [-0.15, -0.1) is 0 Å². The SMILES string of the molecule is Cc1ccc(F)cc1CC1=NC(=O)C(C(C)C)S1. The largest absolute Gasteiger partial charge is 0.271 e. The molecule has 0 aromatic heterocycles. The van der Waals surface area contributed by atoms with E-state index in [0.717, 1.165) is 16.2 Å². The van der Waals surface area contributed by atoms with E-state index in [1.807, 2.05) is 20.8 Å². The van der Waals surface area contributed by atoms with Crippen LogP contribution in [0.3, 0.4) is 0 Å². The van der Waals surface area contributed by atoms with Crippen molar-refractivity contribution < 1.29 is 9.18 Å². The lowest BCUT2D eigenvalue weighted by atomic mass is 10.1. The van der Waals surface area contributed by atoms with Gasteiger partial charge in [0, 0.05) is 6.42 Å². The van der Waals surface area contributed by atoms with Crippen LogP contribution in [0.2, 0.25) is 0 Å². The van der Waals surface area contributed by atoms with Gasteiger partial charge in [0.1, 0.15) is 5.82 Å². The lowest BCUT2D eigenvalue weighted by molar-refractivity contribution is -0.117. The van der Waals surface area contributed by atoms with Crippen LogP contribution in [0.5, 0.6) is 0 Å². The van der Waals surface area contributed by atoms with Gasteiger partial charge in [-0.3, -0.25) is 4.79 Å². The minimum absolute atomic E-state index is 0.0564. The Morgan fingerprint density at radius 1 is 1.44 bits per heavy atom. The molecule has 1 aromatic rings. The third kappa shape index (κ3) is 2.80. The van der Waals surface area contributed by atoms with E-state index >= 15 is 0 Å². The molecular weight excluding hydrogens is 249 g/mol. The fraction of sp³-hybridized carbons (Fsp3) is 0.429. The molecule has 1 heterocycles. The molecule has 96 valence electrons. The van der Waals surface area contributed by atoms with Gasteiger partial charge >= 0.3 is 0 Å². The molecule has 0 aliphatic carbocycles. The number of hydrogen-bond donors (Lipinski definition) is 0. The smallest absolute Gasteiger partial charge is 0.260 e. The molecule has 0 radical (unpaired) electrons. The van der Waals surface area contributed by atoms with Crippen molar-refractivity contribution in [3.63, 3.8) is 0 Å². The second-order valence-electron chi connectivity index (χ2n) is 4.87. The number of rotatable bonds is 3. The second-order valence-corrected chi connectivity index (χ2v) is 6.09. The van der Waals surface area contributed by atoms with E-state index in [4.69, 9.17) is 0 Å². The Morgan fingerprint density at radius 2 is 2.17 bits per heavy atom. The first-order valence-corrected chi connectivity index (χ1v) is 6.88. The highest BCUT2D eigenvalue weighted by molar-refractivity contribution is 8.15. The molecule has 0 fully saturated rings. The number of halogens is 1. The first-order chi connectivity index (χ1) is 8.47. The van der Waals surface area contributed by atoms with E-state index in [9.17, 15) is 9.18 Å². The normalized spacial score (nSPS) is 19.5. The van der Waals surface area contributed by atoms with Crippen LogP contribution in [0.4, 0.5) is 4.39 Å². The highest BCUT2D eigenvalue weighted by atomic mass is 32.2. The van der Waals surface area contributed by atoms with Crippen molar-refractivity contribution in [3.8, 4) is 0 Å². The van der Waals surface area contributed by atoms with Gasteiger partial charge in [0.05, 0.1) is 10.3 Å². The fourth-order valence-corrected chi connectivity index (χ4v) is 3.01. The van der Waals surface area contributed by atoms with Crippen LogP contribution in [0, 0.1) is 18.7 Å². The molecule has 0 saturated carbocycles. The highest BCUT2D eigenvalue weighted by Crippen LogP contribution is 2.30. The molecule has 1 aliphatic rings. The van der Waals surface area contributed by atoms with Crippen LogP contribution in [-0.4, -0.2) is 16.2 Å². The number of aliphatic imine (C=N–C) groups is 1. The number of hydrogen-bond acceptors (Lipinski definition) is 2. The molecule has 2 nitrogen and oxygen atoms in total. The van der Waals surface area contributed by atoms with Crippen molar-refractivity contribution in [2.45, 2.75) is 32.4 Å². The lowest BCUT2D eigenvalue weighted by Gasteiger charge is -2.10. The summed E-state index contributed by atoms with van der Waals surface area (Å²) in [5, 5.41) is 0.723. The van der Waals surface area contributed by atoms with E-state index < -0.39 is 0 Å². The molecule has 0 N–H and O–H groups in total. The standard InChI is InChI=1S/C14H16FNOS/c1-8(2)13-14(17)16-12(18-13)7-10-6-11(15)5-4-9(10)3/h4-6,8,13H,7H2,1-3H3. The topological polar surface area (TPSA) is 29.4 Å². The van der Waals surface area contributed by atoms with E-state index in [1.54, 1.807) is 6.07 Å². The van der Waals surface area contributed by atoms with Crippen molar-refractivity contribution in [2.24, 2.45) is 10.9 Å². The van der Waals surface area contributed by atoms with E-state index in [1.165, 1.54) is 23.9 Å². The number of benzene rings is 1. The molecule has 2 rings (SSSR count). The van der Waals surface area contributed by atoms with Crippen LogP contribution in [0.25, 0.3) is 0 Å². The molecule has 1 unspecified atom stereocenters. The zero-order chi connectivity index (χ0) is 13.3. The molecule has 1 aliphatic heterocycles. The fourth-order valence-electron chi connectivity index (χ4n) is 1.91. The molecule has 1 amide bonds. The maximum Gasteiger partial charge on any atom is 0.260 e. The number of aryl methyl sites for hydroxylation is 1. The Labute approximate surface area is 111 Å². The van der Waals surface area contributed by atoms with Gasteiger partial charge in [0.2, 0.25) is 0 Å². The predicted molar refractivity (Wildman–Crippen MR) is 73.5 cm³/mol. The quantitative estimate of drug-likeness (QED) is 0.838. The lowest BCUT2D eigenvalue weighted by Crippen LogP contribution is -2.17. The summed E-state index contributed by atoms with van der Waals surface area (Å²) < 4.78 is 13.2. The van der Waals surface area contributed by atoms with Gasteiger partial charge in [0.25, 0.3) is 5.91 Å². The van der Waals surface area contributed by atoms with Crippen molar-refractivity contribution >= 4 is 22.7 Å². The molecule has 1 atom stereocenters. The second kappa shape index (κ2) is 5.22. The molecule has 0 bridgehead atoms. The van der Waals surface area contributed by atoms with Gasteiger partial charge in [0.15, 0.2) is 0 Å². The Morgan fingerprint density at radius 3 is 2.78 bits per heavy atom. The maximum atomic E-state index is 13.2. The van der Waals surface area contributed by atoms with Gasteiger partial charge in [-0.05, 0) is 36.1 Å². The molecule has 18 heavy (non-hydrogen) atoms. The molecule has 1 aromatic carbocycles. The molecule has 4 heteroatoms. The number of carbonyl (C=O) groups is 1. The summed E-state index contributed by atoms with van der Waals surface area (Å²) in [7, 11) is 0. The third-order valence-corrected chi connectivity index (χ3v) is 4.51. The first-order valence-electron chi connectivity index (χ1n) is 6.00.